The number of carbonyl (C=O) groups excluding carboxylic acids is 2. The topological polar surface area (TPSA) is 61.4 Å². The minimum Gasteiger partial charge on any atom is -0.351 e. The number of nitrogens with zero attached hydrogens (tertiary/aromatic N) is 1. The molecule has 1 saturated heterocycles. The van der Waals surface area contributed by atoms with Crippen molar-refractivity contribution < 1.29 is 14.0 Å². The van der Waals surface area contributed by atoms with Gasteiger partial charge in [0.1, 0.15) is 11.9 Å². The van der Waals surface area contributed by atoms with Gasteiger partial charge in [-0.15, -0.1) is 0 Å². The van der Waals surface area contributed by atoms with E-state index in [1.807, 2.05) is 31.2 Å². The summed E-state index contributed by atoms with van der Waals surface area (Å²) in [6, 6.07) is 12.5. The second-order valence-electron chi connectivity index (χ2n) is 9.29. The SMILES string of the molecule is Cc1ccccc1C(C(=O)NC1CCCCC1)N(C(=O)C1CCCCN1)c1cccc(F)c1. The van der Waals surface area contributed by atoms with Crippen molar-refractivity contribution in [1.82, 2.24) is 10.6 Å². The average Bonchev–Trinajstić information content (AvgIpc) is 2.84. The lowest BCUT2D eigenvalue weighted by Crippen LogP contribution is -2.53. The Morgan fingerprint density at radius 3 is 2.45 bits per heavy atom. The largest absolute Gasteiger partial charge is 0.351 e. The van der Waals surface area contributed by atoms with E-state index in [1.165, 1.54) is 23.5 Å². The Bertz CT molecular complexity index is 967. The first-order valence-corrected chi connectivity index (χ1v) is 12.2. The zero-order valence-corrected chi connectivity index (χ0v) is 19.4. The van der Waals surface area contributed by atoms with Crippen LogP contribution < -0.4 is 15.5 Å². The summed E-state index contributed by atoms with van der Waals surface area (Å²) in [5, 5.41) is 6.53. The fourth-order valence-corrected chi connectivity index (χ4v) is 5.08. The predicted molar refractivity (Wildman–Crippen MR) is 128 cm³/mol. The molecule has 2 atom stereocenters. The molecule has 2 aromatic rings. The van der Waals surface area contributed by atoms with Gasteiger partial charge in [0.2, 0.25) is 11.8 Å². The summed E-state index contributed by atoms with van der Waals surface area (Å²) in [4.78, 5) is 29.2. The van der Waals surface area contributed by atoms with E-state index in [2.05, 4.69) is 10.6 Å². The number of benzene rings is 2. The molecular weight excluding hydrogens is 417 g/mol. The maximum Gasteiger partial charge on any atom is 0.248 e. The van der Waals surface area contributed by atoms with Crippen LogP contribution in [0.15, 0.2) is 48.5 Å². The molecule has 1 saturated carbocycles. The Morgan fingerprint density at radius 2 is 1.76 bits per heavy atom. The molecule has 0 radical (unpaired) electrons. The Kier molecular flexibility index (Phi) is 7.76. The van der Waals surface area contributed by atoms with Gasteiger partial charge in [-0.3, -0.25) is 14.5 Å². The first-order valence-electron chi connectivity index (χ1n) is 12.2. The van der Waals surface area contributed by atoms with Gasteiger partial charge in [0, 0.05) is 11.7 Å². The summed E-state index contributed by atoms with van der Waals surface area (Å²) < 4.78 is 14.3. The molecule has 2 aromatic carbocycles. The third-order valence-corrected chi connectivity index (χ3v) is 6.87. The van der Waals surface area contributed by atoms with E-state index in [-0.39, 0.29) is 17.9 Å². The van der Waals surface area contributed by atoms with Gasteiger partial charge >= 0.3 is 0 Å². The third-order valence-electron chi connectivity index (χ3n) is 6.87. The Labute approximate surface area is 195 Å². The van der Waals surface area contributed by atoms with Crippen LogP contribution in [0.1, 0.15) is 68.5 Å². The first-order chi connectivity index (χ1) is 16.0. The number of piperidine rings is 1. The molecule has 1 heterocycles. The molecule has 4 rings (SSSR count). The number of rotatable bonds is 6. The van der Waals surface area contributed by atoms with E-state index in [0.29, 0.717) is 12.1 Å². The molecule has 33 heavy (non-hydrogen) atoms. The highest BCUT2D eigenvalue weighted by molar-refractivity contribution is 6.04. The van der Waals surface area contributed by atoms with E-state index in [4.69, 9.17) is 0 Å². The summed E-state index contributed by atoms with van der Waals surface area (Å²) in [6.07, 6.45) is 7.95. The molecule has 0 aromatic heterocycles. The number of halogens is 1. The lowest BCUT2D eigenvalue weighted by molar-refractivity contribution is -0.128. The van der Waals surface area contributed by atoms with Crippen LogP contribution >= 0.6 is 0 Å². The van der Waals surface area contributed by atoms with Crippen molar-refractivity contribution in [3.63, 3.8) is 0 Å². The second kappa shape index (κ2) is 10.9. The van der Waals surface area contributed by atoms with E-state index in [9.17, 15) is 14.0 Å². The fourth-order valence-electron chi connectivity index (χ4n) is 5.08. The van der Waals surface area contributed by atoms with Gasteiger partial charge in [0.15, 0.2) is 0 Å². The van der Waals surface area contributed by atoms with Crippen molar-refractivity contribution in [1.29, 1.82) is 0 Å². The molecule has 2 fully saturated rings. The molecule has 6 heteroatoms. The van der Waals surface area contributed by atoms with Gasteiger partial charge in [0.05, 0.1) is 6.04 Å². The zero-order valence-electron chi connectivity index (χ0n) is 19.4. The van der Waals surface area contributed by atoms with Gasteiger partial charge in [-0.2, -0.15) is 0 Å². The molecule has 0 bridgehead atoms. The molecule has 2 amide bonds. The molecule has 2 N–H and O–H groups in total. The highest BCUT2D eigenvalue weighted by Gasteiger charge is 2.38. The lowest BCUT2D eigenvalue weighted by Gasteiger charge is -2.37. The first kappa shape index (κ1) is 23.4. The van der Waals surface area contributed by atoms with Gasteiger partial charge in [-0.05, 0) is 68.5 Å². The zero-order chi connectivity index (χ0) is 23.2. The third kappa shape index (κ3) is 5.61. The smallest absolute Gasteiger partial charge is 0.248 e. The maximum absolute atomic E-state index is 14.3. The van der Waals surface area contributed by atoms with Crippen LogP contribution in [0.2, 0.25) is 0 Å². The molecule has 1 aliphatic heterocycles. The monoisotopic (exact) mass is 451 g/mol. The van der Waals surface area contributed by atoms with E-state index < -0.39 is 17.9 Å². The normalized spacial score (nSPS) is 20.1. The van der Waals surface area contributed by atoms with Crippen LogP contribution in [0.25, 0.3) is 0 Å². The van der Waals surface area contributed by atoms with Gasteiger partial charge < -0.3 is 10.6 Å². The highest BCUT2D eigenvalue weighted by Crippen LogP contribution is 2.32. The van der Waals surface area contributed by atoms with Crippen molar-refractivity contribution in [2.75, 3.05) is 11.4 Å². The number of anilines is 1. The summed E-state index contributed by atoms with van der Waals surface area (Å²) in [7, 11) is 0. The van der Waals surface area contributed by atoms with Crippen LogP contribution in [0.3, 0.4) is 0 Å². The summed E-state index contributed by atoms with van der Waals surface area (Å²) in [5.41, 5.74) is 2.09. The number of amides is 2. The van der Waals surface area contributed by atoms with Crippen LogP contribution in [-0.4, -0.2) is 30.4 Å². The minimum atomic E-state index is -0.869. The van der Waals surface area contributed by atoms with E-state index >= 15 is 0 Å². The molecule has 5 nitrogen and oxygen atoms in total. The van der Waals surface area contributed by atoms with E-state index in [0.717, 1.165) is 56.2 Å². The molecule has 1 aliphatic carbocycles. The summed E-state index contributed by atoms with van der Waals surface area (Å²) in [5.74, 6) is -0.824. The molecule has 176 valence electrons. The van der Waals surface area contributed by atoms with Gasteiger partial charge in [0.25, 0.3) is 0 Å². The average molecular weight is 452 g/mol. The van der Waals surface area contributed by atoms with Crippen molar-refractivity contribution in [3.05, 3.63) is 65.5 Å². The van der Waals surface area contributed by atoms with Crippen molar-refractivity contribution in [3.8, 4) is 0 Å². The highest BCUT2D eigenvalue weighted by atomic mass is 19.1. The Hall–Kier alpha value is -2.73. The number of nitrogens with one attached hydrogen (secondary N) is 2. The molecule has 2 unspecified atom stereocenters. The molecular formula is C27H34FN3O2. The van der Waals surface area contributed by atoms with Crippen LogP contribution in [0.5, 0.6) is 0 Å². The van der Waals surface area contributed by atoms with Crippen LogP contribution in [0.4, 0.5) is 10.1 Å². The maximum atomic E-state index is 14.3. The van der Waals surface area contributed by atoms with Gasteiger partial charge in [-0.1, -0.05) is 56.0 Å². The van der Waals surface area contributed by atoms with Crippen LogP contribution in [-0.2, 0) is 9.59 Å². The summed E-state index contributed by atoms with van der Waals surface area (Å²) >= 11 is 0. The van der Waals surface area contributed by atoms with Crippen molar-refractivity contribution in [2.45, 2.75) is 76.4 Å². The number of hydrogen-bond acceptors (Lipinski definition) is 3. The minimum absolute atomic E-state index is 0.107. The molecule has 2 aliphatic rings. The van der Waals surface area contributed by atoms with Crippen molar-refractivity contribution in [2.24, 2.45) is 0 Å². The van der Waals surface area contributed by atoms with Crippen LogP contribution in [0, 0.1) is 12.7 Å². The van der Waals surface area contributed by atoms with Crippen molar-refractivity contribution >= 4 is 17.5 Å². The molecule has 0 spiro atoms. The second-order valence-corrected chi connectivity index (χ2v) is 9.29. The summed E-state index contributed by atoms with van der Waals surface area (Å²) in [6.45, 7) is 2.71. The predicted octanol–water partition coefficient (Wildman–Crippen LogP) is 4.80. The van der Waals surface area contributed by atoms with E-state index in [1.54, 1.807) is 12.1 Å². The fraction of sp³-hybridized carbons (Fsp3) is 0.481. The standard InChI is InChI=1S/C27H34FN3O2/c1-19-10-5-6-15-23(19)25(26(32)30-21-12-3-2-4-13-21)31(22-14-9-11-20(28)18-22)27(33)24-16-7-8-17-29-24/h5-6,9-11,14-15,18,21,24-25,29H,2-4,7-8,12-13,16-17H2,1H3,(H,30,32). The number of hydrogen-bond donors (Lipinski definition) is 2. The Balaban J connectivity index is 1.76. The Morgan fingerprint density at radius 1 is 1.00 bits per heavy atom. The quantitative estimate of drug-likeness (QED) is 0.663. The number of aryl methyl sites for hydroxylation is 1. The van der Waals surface area contributed by atoms with Gasteiger partial charge in [-0.25, -0.2) is 4.39 Å². The lowest BCUT2D eigenvalue weighted by atomic mass is 9.93. The number of carbonyl (C=O) groups is 2.